The van der Waals surface area contributed by atoms with E-state index in [1.165, 1.54) is 6.92 Å². The van der Waals surface area contributed by atoms with Gasteiger partial charge in [-0.2, -0.15) is 4.98 Å². The molecule has 3 rings (SSSR count). The van der Waals surface area contributed by atoms with Gasteiger partial charge in [0.2, 0.25) is 23.5 Å². The number of hydrogen-bond donors (Lipinski definition) is 2. The zero-order chi connectivity index (χ0) is 19.8. The molecule has 1 aliphatic rings. The quantitative estimate of drug-likeness (QED) is 0.575. The highest BCUT2D eigenvalue weighted by Gasteiger charge is 2.29. The van der Waals surface area contributed by atoms with Crippen LogP contribution in [0.5, 0.6) is 5.75 Å². The Labute approximate surface area is 164 Å². The maximum Gasteiger partial charge on any atom is 0.229 e. The van der Waals surface area contributed by atoms with Gasteiger partial charge in [-0.15, -0.1) is 0 Å². The minimum absolute atomic E-state index is 0.0207. The van der Waals surface area contributed by atoms with Gasteiger partial charge >= 0.3 is 0 Å². The van der Waals surface area contributed by atoms with Gasteiger partial charge in [-0.25, -0.2) is 0 Å². The van der Waals surface area contributed by atoms with Crippen LogP contribution in [0.1, 0.15) is 63.1 Å². The molecule has 150 valence electrons. The minimum Gasteiger partial charge on any atom is -0.485 e. The van der Waals surface area contributed by atoms with Gasteiger partial charge in [-0.3, -0.25) is 9.59 Å². The van der Waals surface area contributed by atoms with Gasteiger partial charge in [0.25, 0.3) is 0 Å². The lowest BCUT2D eigenvalue weighted by Crippen LogP contribution is -2.20. The molecule has 0 bridgehead atoms. The second kappa shape index (κ2) is 9.87. The standard InChI is InChI=1S/C20H26N4O4/c1-14(25)21-12-4-2-3-5-19(26)22-16-8-10-17(11-9-16)27-13-18-23-20(28-24-18)15-6-7-15/h8-11,15H,2-7,12-13H2,1H3,(H,21,25)(H,22,26). The fourth-order valence-electron chi connectivity index (χ4n) is 2.68. The number of nitrogens with one attached hydrogen (secondary N) is 2. The van der Waals surface area contributed by atoms with Crippen LogP contribution < -0.4 is 15.4 Å². The lowest BCUT2D eigenvalue weighted by Gasteiger charge is -2.07. The summed E-state index contributed by atoms with van der Waals surface area (Å²) in [7, 11) is 0. The van der Waals surface area contributed by atoms with Crippen LogP contribution in [-0.4, -0.2) is 28.5 Å². The van der Waals surface area contributed by atoms with E-state index in [0.29, 0.717) is 36.3 Å². The first kappa shape index (κ1) is 19.9. The highest BCUT2D eigenvalue weighted by atomic mass is 16.5. The predicted molar refractivity (Wildman–Crippen MR) is 103 cm³/mol. The first-order valence-corrected chi connectivity index (χ1v) is 9.70. The summed E-state index contributed by atoms with van der Waals surface area (Å²) in [5.74, 6) is 2.30. The molecule has 1 fully saturated rings. The van der Waals surface area contributed by atoms with Crippen molar-refractivity contribution in [1.82, 2.24) is 15.5 Å². The summed E-state index contributed by atoms with van der Waals surface area (Å²) in [6.45, 7) is 2.41. The van der Waals surface area contributed by atoms with Crippen LogP contribution in [0.25, 0.3) is 0 Å². The molecule has 2 N–H and O–H groups in total. The molecule has 2 aromatic rings. The number of aromatic nitrogens is 2. The molecule has 0 radical (unpaired) electrons. The van der Waals surface area contributed by atoms with Crippen LogP contribution in [-0.2, 0) is 16.2 Å². The van der Waals surface area contributed by atoms with Crippen LogP contribution in [0.4, 0.5) is 5.69 Å². The summed E-state index contributed by atoms with van der Waals surface area (Å²) in [5.41, 5.74) is 0.728. The van der Waals surface area contributed by atoms with E-state index in [9.17, 15) is 9.59 Å². The molecule has 0 aliphatic heterocycles. The van der Waals surface area contributed by atoms with Crippen molar-refractivity contribution in [2.24, 2.45) is 0 Å². The summed E-state index contributed by atoms with van der Waals surface area (Å²) >= 11 is 0. The lowest BCUT2D eigenvalue weighted by molar-refractivity contribution is -0.119. The fourth-order valence-corrected chi connectivity index (χ4v) is 2.68. The predicted octanol–water partition coefficient (Wildman–Crippen LogP) is 3.16. The van der Waals surface area contributed by atoms with Crippen molar-refractivity contribution in [1.29, 1.82) is 0 Å². The largest absolute Gasteiger partial charge is 0.485 e. The van der Waals surface area contributed by atoms with Crippen molar-refractivity contribution < 1.29 is 18.8 Å². The molecule has 0 unspecified atom stereocenters. The Morgan fingerprint density at radius 1 is 1.18 bits per heavy atom. The van der Waals surface area contributed by atoms with Gasteiger partial charge < -0.3 is 19.9 Å². The minimum atomic E-state index is -0.0227. The van der Waals surface area contributed by atoms with E-state index in [4.69, 9.17) is 9.26 Å². The normalized spacial score (nSPS) is 13.2. The Kier molecular flexibility index (Phi) is 7.00. The molecule has 28 heavy (non-hydrogen) atoms. The molecule has 8 heteroatoms. The van der Waals surface area contributed by atoms with Crippen LogP contribution in [0.2, 0.25) is 0 Å². The lowest BCUT2D eigenvalue weighted by atomic mass is 10.2. The Morgan fingerprint density at radius 3 is 2.68 bits per heavy atom. The van der Waals surface area contributed by atoms with Crippen LogP contribution >= 0.6 is 0 Å². The number of rotatable bonds is 11. The highest BCUT2D eigenvalue weighted by Crippen LogP contribution is 2.38. The van der Waals surface area contributed by atoms with Gasteiger partial charge in [0, 0.05) is 31.5 Å². The molecule has 2 amide bonds. The first-order valence-electron chi connectivity index (χ1n) is 9.70. The monoisotopic (exact) mass is 386 g/mol. The fraction of sp³-hybridized carbons (Fsp3) is 0.500. The Balaban J connectivity index is 1.33. The van der Waals surface area contributed by atoms with E-state index < -0.39 is 0 Å². The molecule has 1 aliphatic carbocycles. The van der Waals surface area contributed by atoms with Gasteiger partial charge in [0.15, 0.2) is 6.61 Å². The number of amides is 2. The van der Waals surface area contributed by atoms with Gasteiger partial charge in [0.05, 0.1) is 0 Å². The molecule has 0 saturated heterocycles. The third-order valence-corrected chi connectivity index (χ3v) is 4.37. The van der Waals surface area contributed by atoms with Crippen LogP contribution in [0.15, 0.2) is 28.8 Å². The number of carbonyl (C=O) groups excluding carboxylic acids is 2. The Bertz CT molecular complexity index is 784. The number of nitrogens with zero attached hydrogens (tertiary/aromatic N) is 2. The van der Waals surface area contributed by atoms with E-state index >= 15 is 0 Å². The van der Waals surface area contributed by atoms with Gasteiger partial charge in [-0.05, 0) is 49.9 Å². The second-order valence-corrected chi connectivity index (χ2v) is 6.98. The number of carbonyl (C=O) groups is 2. The summed E-state index contributed by atoms with van der Waals surface area (Å²) in [4.78, 5) is 27.0. The van der Waals surface area contributed by atoms with Crippen molar-refractivity contribution in [3.63, 3.8) is 0 Å². The maximum absolute atomic E-state index is 12.0. The smallest absolute Gasteiger partial charge is 0.229 e. The van der Waals surface area contributed by atoms with E-state index in [1.807, 2.05) is 0 Å². The Morgan fingerprint density at radius 2 is 1.96 bits per heavy atom. The number of unbranched alkanes of at least 4 members (excludes halogenated alkanes) is 2. The summed E-state index contributed by atoms with van der Waals surface area (Å²) in [6.07, 6.45) is 5.26. The maximum atomic E-state index is 12.0. The number of hydrogen-bond acceptors (Lipinski definition) is 6. The first-order chi connectivity index (χ1) is 13.6. The number of benzene rings is 1. The topological polar surface area (TPSA) is 106 Å². The van der Waals surface area contributed by atoms with Gasteiger partial charge in [0.1, 0.15) is 5.75 Å². The van der Waals surface area contributed by atoms with Crippen LogP contribution in [0.3, 0.4) is 0 Å². The van der Waals surface area contributed by atoms with E-state index in [0.717, 1.165) is 37.8 Å². The van der Waals surface area contributed by atoms with Crippen molar-refractivity contribution in [2.45, 2.75) is 58.0 Å². The zero-order valence-corrected chi connectivity index (χ0v) is 16.1. The third kappa shape index (κ3) is 6.68. The third-order valence-electron chi connectivity index (χ3n) is 4.37. The van der Waals surface area contributed by atoms with Crippen molar-refractivity contribution in [3.05, 3.63) is 36.0 Å². The SMILES string of the molecule is CC(=O)NCCCCCC(=O)Nc1ccc(OCc2noc(C3CC3)n2)cc1. The van der Waals surface area contributed by atoms with Crippen LogP contribution in [0, 0.1) is 0 Å². The summed E-state index contributed by atoms with van der Waals surface area (Å²) < 4.78 is 10.9. The molecule has 0 spiro atoms. The van der Waals surface area contributed by atoms with Gasteiger partial charge in [-0.1, -0.05) is 11.6 Å². The highest BCUT2D eigenvalue weighted by molar-refractivity contribution is 5.90. The Hall–Kier alpha value is -2.90. The second-order valence-electron chi connectivity index (χ2n) is 6.98. The molecule has 1 saturated carbocycles. The molecule has 1 aromatic heterocycles. The molecule has 1 heterocycles. The van der Waals surface area contributed by atoms with Crippen molar-refractivity contribution in [3.8, 4) is 5.75 Å². The van der Waals surface area contributed by atoms with Crippen molar-refractivity contribution in [2.75, 3.05) is 11.9 Å². The van der Waals surface area contributed by atoms with Crippen molar-refractivity contribution >= 4 is 17.5 Å². The number of anilines is 1. The average molecular weight is 386 g/mol. The van der Waals surface area contributed by atoms with E-state index in [2.05, 4.69) is 20.8 Å². The number of ether oxygens (including phenoxy) is 1. The van der Waals surface area contributed by atoms with E-state index in [-0.39, 0.29) is 18.4 Å². The molecule has 1 aromatic carbocycles. The average Bonchev–Trinajstić information content (AvgIpc) is 3.42. The summed E-state index contributed by atoms with van der Waals surface area (Å²) in [6, 6.07) is 7.20. The molecule has 8 nitrogen and oxygen atoms in total. The molecule has 0 atom stereocenters. The zero-order valence-electron chi connectivity index (χ0n) is 16.1. The van der Waals surface area contributed by atoms with E-state index in [1.54, 1.807) is 24.3 Å². The summed E-state index contributed by atoms with van der Waals surface area (Å²) in [5, 5.41) is 9.53. The molecular formula is C20H26N4O4. The molecular weight excluding hydrogens is 360 g/mol.